The van der Waals surface area contributed by atoms with Gasteiger partial charge >= 0.3 is 12.1 Å². The molecule has 0 bridgehead atoms. The lowest BCUT2D eigenvalue weighted by atomic mass is 9.96. The zero-order valence-corrected chi connectivity index (χ0v) is 19.5. The molecule has 8 heteroatoms. The molecule has 0 aliphatic carbocycles. The fourth-order valence-corrected chi connectivity index (χ4v) is 4.14. The lowest BCUT2D eigenvalue weighted by Crippen LogP contribution is -2.16. The third kappa shape index (κ3) is 4.65. The molecule has 1 heterocycles. The second-order valence-corrected chi connectivity index (χ2v) is 8.16. The highest BCUT2D eigenvalue weighted by Crippen LogP contribution is 2.39. The van der Waals surface area contributed by atoms with E-state index in [4.69, 9.17) is 13.9 Å². The van der Waals surface area contributed by atoms with Crippen LogP contribution in [-0.2, 0) is 6.18 Å². The van der Waals surface area contributed by atoms with Gasteiger partial charge in [0.1, 0.15) is 17.1 Å². The van der Waals surface area contributed by atoms with E-state index in [1.807, 2.05) is 6.92 Å². The van der Waals surface area contributed by atoms with Crippen LogP contribution in [0.1, 0.15) is 23.0 Å². The Bertz CT molecular complexity index is 1680. The first-order chi connectivity index (χ1) is 17.8. The Morgan fingerprint density at radius 1 is 0.865 bits per heavy atom. The van der Waals surface area contributed by atoms with E-state index >= 15 is 0 Å². The lowest BCUT2D eigenvalue weighted by molar-refractivity contribution is -0.152. The largest absolute Gasteiger partial charge is 0.494 e. The standard InChI is InChI=1S/C29H19F3O5/c1-2-35-19-12-10-18(11-13-19)28(34)36-20-14-15-23-24(16-20)37-27(29(30,31)32)25(26(23)33)22-9-5-7-17-6-3-4-8-21(17)22/h3-16H,2H2,1H3. The maximum absolute atomic E-state index is 14.1. The Morgan fingerprint density at radius 3 is 2.30 bits per heavy atom. The molecule has 0 aliphatic heterocycles. The van der Waals surface area contributed by atoms with Crippen molar-refractivity contribution in [2.75, 3.05) is 6.61 Å². The van der Waals surface area contributed by atoms with Gasteiger partial charge in [-0.25, -0.2) is 4.79 Å². The van der Waals surface area contributed by atoms with Gasteiger partial charge in [0.25, 0.3) is 0 Å². The van der Waals surface area contributed by atoms with Gasteiger partial charge in [-0.15, -0.1) is 0 Å². The maximum Gasteiger partial charge on any atom is 0.450 e. The summed E-state index contributed by atoms with van der Waals surface area (Å²) >= 11 is 0. The van der Waals surface area contributed by atoms with Crippen LogP contribution in [0, 0.1) is 0 Å². The molecular formula is C29H19F3O5. The molecule has 4 aromatic carbocycles. The van der Waals surface area contributed by atoms with E-state index < -0.39 is 28.9 Å². The molecule has 0 amide bonds. The number of hydrogen-bond acceptors (Lipinski definition) is 5. The summed E-state index contributed by atoms with van der Waals surface area (Å²) in [7, 11) is 0. The van der Waals surface area contributed by atoms with Crippen molar-refractivity contribution in [2.24, 2.45) is 0 Å². The molecule has 0 saturated carbocycles. The van der Waals surface area contributed by atoms with Crippen molar-refractivity contribution in [1.29, 1.82) is 0 Å². The fourth-order valence-electron chi connectivity index (χ4n) is 4.14. The fraction of sp³-hybridized carbons (Fsp3) is 0.103. The van der Waals surface area contributed by atoms with E-state index in [9.17, 15) is 22.8 Å². The van der Waals surface area contributed by atoms with Crippen LogP contribution in [0.4, 0.5) is 13.2 Å². The molecular weight excluding hydrogens is 485 g/mol. The van der Waals surface area contributed by atoms with Crippen LogP contribution in [0.25, 0.3) is 32.9 Å². The Balaban J connectivity index is 1.59. The third-order valence-electron chi connectivity index (χ3n) is 5.79. The average Bonchev–Trinajstić information content (AvgIpc) is 2.88. The van der Waals surface area contributed by atoms with Crippen LogP contribution in [0.2, 0.25) is 0 Å². The number of fused-ring (bicyclic) bond motifs is 2. The Hall–Kier alpha value is -4.59. The normalized spacial score (nSPS) is 11.6. The van der Waals surface area contributed by atoms with E-state index in [1.54, 1.807) is 48.5 Å². The molecule has 5 rings (SSSR count). The van der Waals surface area contributed by atoms with E-state index in [2.05, 4.69) is 0 Å². The summed E-state index contributed by atoms with van der Waals surface area (Å²) in [5, 5.41) is 1.10. The minimum atomic E-state index is -4.95. The van der Waals surface area contributed by atoms with Crippen LogP contribution < -0.4 is 14.9 Å². The quantitative estimate of drug-likeness (QED) is 0.186. The van der Waals surface area contributed by atoms with Gasteiger partial charge in [-0.05, 0) is 59.7 Å². The van der Waals surface area contributed by atoms with E-state index in [0.717, 1.165) is 6.07 Å². The molecule has 0 fully saturated rings. The summed E-state index contributed by atoms with van der Waals surface area (Å²) in [5.74, 6) is -1.64. The van der Waals surface area contributed by atoms with E-state index in [0.29, 0.717) is 23.1 Å². The molecule has 5 aromatic rings. The van der Waals surface area contributed by atoms with Gasteiger partial charge < -0.3 is 13.9 Å². The number of halogens is 3. The van der Waals surface area contributed by atoms with Gasteiger partial charge in [0, 0.05) is 6.07 Å². The number of carbonyl (C=O) groups excluding carboxylic acids is 1. The van der Waals surface area contributed by atoms with Crippen molar-refractivity contribution in [2.45, 2.75) is 13.1 Å². The minimum Gasteiger partial charge on any atom is -0.494 e. The van der Waals surface area contributed by atoms with Crippen LogP contribution in [0.3, 0.4) is 0 Å². The van der Waals surface area contributed by atoms with Crippen molar-refractivity contribution < 1.29 is 31.9 Å². The van der Waals surface area contributed by atoms with Gasteiger partial charge in [-0.2, -0.15) is 13.2 Å². The van der Waals surface area contributed by atoms with Crippen molar-refractivity contribution in [3.05, 3.63) is 106 Å². The number of alkyl halides is 3. The van der Waals surface area contributed by atoms with Gasteiger partial charge in [-0.1, -0.05) is 42.5 Å². The molecule has 37 heavy (non-hydrogen) atoms. The summed E-state index contributed by atoms with van der Waals surface area (Å²) in [6.07, 6.45) is -4.95. The predicted octanol–water partition coefficient (Wildman–Crippen LogP) is 7.25. The maximum atomic E-state index is 14.1. The monoisotopic (exact) mass is 504 g/mol. The van der Waals surface area contributed by atoms with Crippen LogP contribution in [0.5, 0.6) is 11.5 Å². The zero-order valence-electron chi connectivity index (χ0n) is 19.5. The average molecular weight is 504 g/mol. The van der Waals surface area contributed by atoms with Crippen molar-refractivity contribution in [3.8, 4) is 22.6 Å². The SMILES string of the molecule is CCOc1ccc(C(=O)Oc2ccc3c(=O)c(-c4cccc5ccccc45)c(C(F)(F)F)oc3c2)cc1. The van der Waals surface area contributed by atoms with Crippen LogP contribution >= 0.6 is 0 Å². The van der Waals surface area contributed by atoms with E-state index in [1.165, 1.54) is 30.3 Å². The number of benzene rings is 4. The highest BCUT2D eigenvalue weighted by atomic mass is 19.4. The molecule has 0 aliphatic rings. The highest BCUT2D eigenvalue weighted by Gasteiger charge is 2.39. The molecule has 0 atom stereocenters. The van der Waals surface area contributed by atoms with Gasteiger partial charge in [0.2, 0.25) is 11.2 Å². The number of ether oxygens (including phenoxy) is 2. The summed E-state index contributed by atoms with van der Waals surface area (Å²) in [5.41, 5.74) is -1.43. The Morgan fingerprint density at radius 2 is 1.57 bits per heavy atom. The first-order valence-corrected chi connectivity index (χ1v) is 11.4. The van der Waals surface area contributed by atoms with E-state index in [-0.39, 0.29) is 27.8 Å². The molecule has 0 radical (unpaired) electrons. The number of esters is 1. The lowest BCUT2D eigenvalue weighted by Gasteiger charge is -2.14. The summed E-state index contributed by atoms with van der Waals surface area (Å²) in [4.78, 5) is 25.9. The molecule has 0 unspecified atom stereocenters. The smallest absolute Gasteiger partial charge is 0.450 e. The molecule has 5 nitrogen and oxygen atoms in total. The second kappa shape index (κ2) is 9.46. The Kier molecular flexibility index (Phi) is 6.17. The number of hydrogen-bond donors (Lipinski definition) is 0. The highest BCUT2D eigenvalue weighted by molar-refractivity contribution is 5.99. The number of rotatable bonds is 5. The molecule has 0 saturated heterocycles. The first-order valence-electron chi connectivity index (χ1n) is 11.4. The van der Waals surface area contributed by atoms with Gasteiger partial charge in [0.15, 0.2) is 0 Å². The zero-order chi connectivity index (χ0) is 26.2. The van der Waals surface area contributed by atoms with Crippen molar-refractivity contribution in [3.63, 3.8) is 0 Å². The topological polar surface area (TPSA) is 65.7 Å². The molecule has 0 N–H and O–H groups in total. The first kappa shape index (κ1) is 24.1. The molecule has 186 valence electrons. The van der Waals surface area contributed by atoms with Crippen LogP contribution in [0.15, 0.2) is 94.1 Å². The number of carbonyl (C=O) groups is 1. The van der Waals surface area contributed by atoms with Crippen molar-refractivity contribution in [1.82, 2.24) is 0 Å². The third-order valence-corrected chi connectivity index (χ3v) is 5.79. The molecule has 0 spiro atoms. The van der Waals surface area contributed by atoms with Crippen molar-refractivity contribution >= 4 is 27.7 Å². The second-order valence-electron chi connectivity index (χ2n) is 8.16. The minimum absolute atomic E-state index is 0.0689. The predicted molar refractivity (Wildman–Crippen MR) is 133 cm³/mol. The molecule has 1 aromatic heterocycles. The summed E-state index contributed by atoms with van der Waals surface area (Å²) in [6.45, 7) is 2.30. The Labute approximate surface area is 208 Å². The summed E-state index contributed by atoms with van der Waals surface area (Å²) < 4.78 is 58.3. The van der Waals surface area contributed by atoms with Gasteiger partial charge in [-0.3, -0.25) is 4.79 Å². The van der Waals surface area contributed by atoms with Crippen LogP contribution in [-0.4, -0.2) is 12.6 Å². The van der Waals surface area contributed by atoms with Gasteiger partial charge in [0.05, 0.1) is 23.1 Å². The summed E-state index contributed by atoms with van der Waals surface area (Å²) in [6, 6.07) is 21.6.